The molecule has 10 heteroatoms. The van der Waals surface area contributed by atoms with Crippen molar-refractivity contribution < 1.29 is 19.1 Å². The maximum Gasteiger partial charge on any atom is 0.251 e. The van der Waals surface area contributed by atoms with Crippen LogP contribution in [0.1, 0.15) is 36.0 Å². The van der Waals surface area contributed by atoms with Crippen molar-refractivity contribution in [2.45, 2.75) is 25.7 Å². The number of carbonyl (C=O) groups is 3. The summed E-state index contributed by atoms with van der Waals surface area (Å²) in [4.78, 5) is 39.2. The normalized spacial score (nSPS) is 16.6. The zero-order valence-electron chi connectivity index (χ0n) is 22.6. The molecule has 0 bridgehead atoms. The Kier molecular flexibility index (Phi) is 8.53. The van der Waals surface area contributed by atoms with E-state index in [2.05, 4.69) is 31.0 Å². The highest BCUT2D eigenvalue weighted by Crippen LogP contribution is 2.30. The molecule has 1 saturated heterocycles. The highest BCUT2D eigenvalue weighted by molar-refractivity contribution is 5.96. The number of ether oxygens (including phenoxy) is 1. The van der Waals surface area contributed by atoms with Gasteiger partial charge in [-0.05, 0) is 86.3 Å². The largest absolute Gasteiger partial charge is 0.497 e. The number of benzene rings is 2. The molecule has 3 N–H and O–H groups in total. The van der Waals surface area contributed by atoms with Gasteiger partial charge in [-0.1, -0.05) is 0 Å². The first-order valence-corrected chi connectivity index (χ1v) is 13.7. The van der Waals surface area contributed by atoms with Crippen LogP contribution in [0.15, 0.2) is 60.7 Å². The molecule has 1 unspecified atom stereocenters. The Bertz CT molecular complexity index is 1320. The first-order valence-electron chi connectivity index (χ1n) is 13.7. The van der Waals surface area contributed by atoms with Gasteiger partial charge in [0, 0.05) is 48.9 Å². The topological polar surface area (TPSA) is 126 Å². The zero-order valence-corrected chi connectivity index (χ0v) is 22.6. The summed E-state index contributed by atoms with van der Waals surface area (Å²) in [5.41, 5.74) is 2.91. The molecule has 10 nitrogen and oxygen atoms in total. The van der Waals surface area contributed by atoms with E-state index in [1.165, 1.54) is 0 Å². The monoisotopic (exact) mass is 542 g/mol. The fourth-order valence-electron chi connectivity index (χ4n) is 4.71. The lowest BCUT2D eigenvalue weighted by molar-refractivity contribution is -0.125. The van der Waals surface area contributed by atoms with Gasteiger partial charge in [0.25, 0.3) is 5.91 Å². The lowest BCUT2D eigenvalue weighted by Gasteiger charge is -2.32. The van der Waals surface area contributed by atoms with Crippen molar-refractivity contribution in [2.75, 3.05) is 43.5 Å². The molecule has 1 saturated carbocycles. The van der Waals surface area contributed by atoms with Crippen LogP contribution < -0.4 is 25.6 Å². The van der Waals surface area contributed by atoms with Crippen LogP contribution in [0.4, 0.5) is 11.5 Å². The van der Waals surface area contributed by atoms with E-state index in [1.54, 1.807) is 31.4 Å². The molecular formula is C30H34N6O4. The van der Waals surface area contributed by atoms with Gasteiger partial charge in [-0.15, -0.1) is 10.2 Å². The van der Waals surface area contributed by atoms with Crippen molar-refractivity contribution in [3.8, 4) is 17.0 Å². The number of rotatable bonds is 10. The van der Waals surface area contributed by atoms with Gasteiger partial charge in [0.05, 0.1) is 18.7 Å². The number of nitrogens with zero attached hydrogens (tertiary/aromatic N) is 3. The second-order valence-electron chi connectivity index (χ2n) is 10.2. The van der Waals surface area contributed by atoms with Crippen molar-refractivity contribution in [1.82, 2.24) is 20.8 Å². The Hall–Kier alpha value is -4.47. The molecule has 1 aliphatic carbocycles. The average Bonchev–Trinajstić information content (AvgIpc) is 3.86. The molecule has 2 aromatic carbocycles. The van der Waals surface area contributed by atoms with Crippen LogP contribution in [0.25, 0.3) is 11.3 Å². The number of amides is 3. The Morgan fingerprint density at radius 3 is 2.27 bits per heavy atom. The number of hydrogen-bond donors (Lipinski definition) is 3. The summed E-state index contributed by atoms with van der Waals surface area (Å²) in [7, 11) is 1.63. The van der Waals surface area contributed by atoms with E-state index in [4.69, 9.17) is 4.74 Å². The molecule has 1 aromatic heterocycles. The SMILES string of the molecule is COc1ccc(-c2ccc(N3CCCC(C(=O)NCCNC(=O)c4ccc(NC(=O)C5CC5)cc4)C3)nn2)cc1. The van der Waals surface area contributed by atoms with Crippen molar-refractivity contribution in [2.24, 2.45) is 11.8 Å². The van der Waals surface area contributed by atoms with E-state index in [9.17, 15) is 14.4 Å². The minimum Gasteiger partial charge on any atom is -0.497 e. The number of nitrogens with one attached hydrogen (secondary N) is 3. The molecule has 2 heterocycles. The lowest BCUT2D eigenvalue weighted by atomic mass is 9.97. The van der Waals surface area contributed by atoms with Gasteiger partial charge in [-0.25, -0.2) is 0 Å². The van der Waals surface area contributed by atoms with Crippen LogP contribution in [0.3, 0.4) is 0 Å². The summed E-state index contributed by atoms with van der Waals surface area (Å²) in [6.07, 6.45) is 3.57. The smallest absolute Gasteiger partial charge is 0.251 e. The Labute approximate surface area is 233 Å². The van der Waals surface area contributed by atoms with Gasteiger partial charge in [0.2, 0.25) is 11.8 Å². The molecule has 1 atom stereocenters. The molecule has 5 rings (SSSR count). The van der Waals surface area contributed by atoms with Crippen molar-refractivity contribution in [3.05, 3.63) is 66.2 Å². The van der Waals surface area contributed by atoms with Crippen LogP contribution >= 0.6 is 0 Å². The quantitative estimate of drug-likeness (QED) is 0.336. The average molecular weight is 543 g/mol. The second kappa shape index (κ2) is 12.6. The molecule has 40 heavy (non-hydrogen) atoms. The summed E-state index contributed by atoms with van der Waals surface area (Å²) in [5, 5.41) is 17.4. The Balaban J connectivity index is 1.05. The van der Waals surface area contributed by atoms with Crippen LogP contribution in [0.5, 0.6) is 5.75 Å². The van der Waals surface area contributed by atoms with Crippen LogP contribution in [0.2, 0.25) is 0 Å². The standard InChI is InChI=1S/C30H34N6O4/c1-40-25-12-8-20(9-13-25)26-14-15-27(35-34-26)36-18-2-3-23(19-36)29(38)32-17-16-31-28(37)21-6-10-24(11-7-21)33-30(39)22-4-5-22/h6-15,22-23H,2-5,16-19H2,1H3,(H,31,37)(H,32,38)(H,33,39). The number of piperidine rings is 1. The third kappa shape index (κ3) is 6.93. The third-order valence-electron chi connectivity index (χ3n) is 7.22. The molecule has 2 fully saturated rings. The summed E-state index contributed by atoms with van der Waals surface area (Å²) in [5.74, 6) is 1.28. The van der Waals surface area contributed by atoms with E-state index in [1.807, 2.05) is 36.4 Å². The molecule has 0 radical (unpaired) electrons. The van der Waals surface area contributed by atoms with Gasteiger partial charge >= 0.3 is 0 Å². The number of anilines is 2. The summed E-state index contributed by atoms with van der Waals surface area (Å²) in [6.45, 7) is 2.05. The second-order valence-corrected chi connectivity index (χ2v) is 10.2. The van der Waals surface area contributed by atoms with Gasteiger partial charge in [0.1, 0.15) is 5.75 Å². The van der Waals surface area contributed by atoms with E-state index >= 15 is 0 Å². The molecule has 2 aliphatic rings. The fraction of sp³-hybridized carbons (Fsp3) is 0.367. The highest BCUT2D eigenvalue weighted by Gasteiger charge is 2.29. The first-order chi connectivity index (χ1) is 19.5. The van der Waals surface area contributed by atoms with Crippen LogP contribution in [-0.2, 0) is 9.59 Å². The molecular weight excluding hydrogens is 508 g/mol. The van der Waals surface area contributed by atoms with Gasteiger partial charge in [-0.2, -0.15) is 0 Å². The van der Waals surface area contributed by atoms with Gasteiger partial charge < -0.3 is 25.6 Å². The molecule has 3 aromatic rings. The zero-order chi connectivity index (χ0) is 27.9. The van der Waals surface area contributed by atoms with Gasteiger partial charge in [0.15, 0.2) is 5.82 Å². The van der Waals surface area contributed by atoms with E-state index in [0.29, 0.717) is 30.9 Å². The fourth-order valence-corrected chi connectivity index (χ4v) is 4.71. The highest BCUT2D eigenvalue weighted by atomic mass is 16.5. The number of aromatic nitrogens is 2. The Morgan fingerprint density at radius 1 is 0.850 bits per heavy atom. The van der Waals surface area contributed by atoms with E-state index < -0.39 is 0 Å². The van der Waals surface area contributed by atoms with Crippen molar-refractivity contribution in [1.29, 1.82) is 0 Å². The van der Waals surface area contributed by atoms with Crippen LogP contribution in [0, 0.1) is 11.8 Å². The van der Waals surface area contributed by atoms with Crippen LogP contribution in [-0.4, -0.2) is 61.2 Å². The molecule has 1 aliphatic heterocycles. The molecule has 208 valence electrons. The summed E-state index contributed by atoms with van der Waals surface area (Å²) >= 11 is 0. The Morgan fingerprint density at radius 2 is 1.60 bits per heavy atom. The predicted molar refractivity (Wildman–Crippen MR) is 152 cm³/mol. The predicted octanol–water partition coefficient (Wildman–Crippen LogP) is 3.26. The maximum absolute atomic E-state index is 12.8. The first kappa shape index (κ1) is 27.1. The minimum absolute atomic E-state index is 0.0301. The number of hydrogen-bond acceptors (Lipinski definition) is 7. The van der Waals surface area contributed by atoms with E-state index in [-0.39, 0.29) is 29.6 Å². The van der Waals surface area contributed by atoms with Crippen molar-refractivity contribution >= 4 is 29.2 Å². The van der Waals surface area contributed by atoms with Crippen molar-refractivity contribution in [3.63, 3.8) is 0 Å². The van der Waals surface area contributed by atoms with E-state index in [0.717, 1.165) is 55.1 Å². The molecule has 0 spiro atoms. The summed E-state index contributed by atoms with van der Waals surface area (Å²) in [6, 6.07) is 18.4. The third-order valence-corrected chi connectivity index (χ3v) is 7.22. The van der Waals surface area contributed by atoms with Gasteiger partial charge in [-0.3, -0.25) is 14.4 Å². The summed E-state index contributed by atoms with van der Waals surface area (Å²) < 4.78 is 5.21. The number of carbonyl (C=O) groups excluding carboxylic acids is 3. The maximum atomic E-state index is 12.8. The minimum atomic E-state index is -0.227. The lowest BCUT2D eigenvalue weighted by Crippen LogP contribution is -2.45. The molecule has 3 amide bonds. The number of methoxy groups -OCH3 is 1.